The molecule has 0 unspecified atom stereocenters. The summed E-state index contributed by atoms with van der Waals surface area (Å²) in [6.07, 6.45) is -0.757. The first-order chi connectivity index (χ1) is 13.3. The zero-order valence-corrected chi connectivity index (χ0v) is 15.7. The highest BCUT2D eigenvalue weighted by atomic mass is 35.5. The van der Waals surface area contributed by atoms with Crippen LogP contribution in [0, 0.1) is 0 Å². The Kier molecular flexibility index (Phi) is 5.75. The van der Waals surface area contributed by atoms with Gasteiger partial charge >= 0.3 is 5.97 Å². The first-order valence-corrected chi connectivity index (χ1v) is 8.96. The average Bonchev–Trinajstić information content (AvgIpc) is 3.01. The summed E-state index contributed by atoms with van der Waals surface area (Å²) in [6, 6.07) is 12.5. The van der Waals surface area contributed by atoms with E-state index in [1.54, 1.807) is 36.4 Å². The Bertz CT molecular complexity index is 926. The minimum atomic E-state index is -1.05. The first-order valence-electron chi connectivity index (χ1n) is 8.58. The maximum Gasteiger partial charge on any atom is 0.338 e. The molecule has 0 radical (unpaired) electrons. The van der Waals surface area contributed by atoms with Gasteiger partial charge in [-0.1, -0.05) is 17.7 Å². The van der Waals surface area contributed by atoms with Crippen LogP contribution in [0.1, 0.15) is 30.1 Å². The van der Waals surface area contributed by atoms with Gasteiger partial charge in [-0.15, -0.1) is 0 Å². The third-order valence-corrected chi connectivity index (χ3v) is 4.41. The van der Waals surface area contributed by atoms with Crippen LogP contribution in [-0.2, 0) is 19.1 Å². The molecule has 0 aromatic heterocycles. The molecule has 0 spiro atoms. The number of benzene rings is 2. The predicted molar refractivity (Wildman–Crippen MR) is 103 cm³/mol. The Labute approximate surface area is 166 Å². The molecule has 0 saturated carbocycles. The van der Waals surface area contributed by atoms with Crippen LogP contribution < -0.4 is 10.2 Å². The van der Waals surface area contributed by atoms with E-state index in [1.165, 1.54) is 19.1 Å². The number of esters is 1. The number of carbonyl (C=O) groups is 4. The number of imide groups is 1. The summed E-state index contributed by atoms with van der Waals surface area (Å²) in [4.78, 5) is 49.3. The lowest BCUT2D eigenvalue weighted by Crippen LogP contribution is -2.30. The molecular formula is C20H17ClN2O5. The molecule has 2 aromatic rings. The van der Waals surface area contributed by atoms with Gasteiger partial charge in [0.25, 0.3) is 5.91 Å². The molecule has 1 heterocycles. The van der Waals surface area contributed by atoms with Crippen LogP contribution in [0.2, 0.25) is 5.02 Å². The van der Waals surface area contributed by atoms with Crippen molar-refractivity contribution >= 4 is 46.7 Å². The van der Waals surface area contributed by atoms with Gasteiger partial charge < -0.3 is 10.1 Å². The van der Waals surface area contributed by atoms with Crippen LogP contribution in [-0.4, -0.2) is 29.8 Å². The van der Waals surface area contributed by atoms with Crippen molar-refractivity contribution in [2.75, 3.05) is 10.2 Å². The normalized spacial score (nSPS) is 14.7. The van der Waals surface area contributed by atoms with Gasteiger partial charge in [-0.3, -0.25) is 19.3 Å². The standard InChI is InChI=1S/C20H17ClN2O5/c1-12(19(26)22-15-7-5-14(21)6-8-15)28-20(27)13-3-2-4-16(11-13)23-17(24)9-10-18(23)25/h2-8,11-12H,9-10H2,1H3,(H,22,26)/t12-/m0/s1. The molecule has 1 aliphatic heterocycles. The Morgan fingerprint density at radius 2 is 1.71 bits per heavy atom. The number of amides is 3. The summed E-state index contributed by atoms with van der Waals surface area (Å²) in [5, 5.41) is 3.16. The maximum absolute atomic E-state index is 12.4. The maximum atomic E-state index is 12.4. The Hall–Kier alpha value is -3.19. The van der Waals surface area contributed by atoms with E-state index in [0.29, 0.717) is 16.4 Å². The molecule has 2 aromatic carbocycles. The molecule has 144 valence electrons. The van der Waals surface area contributed by atoms with Crippen LogP contribution in [0.4, 0.5) is 11.4 Å². The number of hydrogen-bond donors (Lipinski definition) is 1. The van der Waals surface area contributed by atoms with Gasteiger partial charge in [0.2, 0.25) is 11.8 Å². The smallest absolute Gasteiger partial charge is 0.338 e. The van der Waals surface area contributed by atoms with E-state index in [1.807, 2.05) is 0 Å². The minimum Gasteiger partial charge on any atom is -0.449 e. The van der Waals surface area contributed by atoms with Crippen molar-refractivity contribution in [1.82, 2.24) is 0 Å². The molecule has 3 rings (SSSR count). The van der Waals surface area contributed by atoms with Crippen molar-refractivity contribution in [2.24, 2.45) is 0 Å². The van der Waals surface area contributed by atoms with E-state index in [2.05, 4.69) is 5.32 Å². The van der Waals surface area contributed by atoms with Gasteiger partial charge in [-0.25, -0.2) is 4.79 Å². The molecular weight excluding hydrogens is 384 g/mol. The summed E-state index contributed by atoms with van der Waals surface area (Å²) in [6.45, 7) is 1.44. The van der Waals surface area contributed by atoms with Crippen molar-refractivity contribution in [3.05, 3.63) is 59.1 Å². The topological polar surface area (TPSA) is 92.8 Å². The molecule has 1 fully saturated rings. The van der Waals surface area contributed by atoms with Crippen molar-refractivity contribution in [3.63, 3.8) is 0 Å². The Balaban J connectivity index is 1.66. The highest BCUT2D eigenvalue weighted by Gasteiger charge is 2.30. The van der Waals surface area contributed by atoms with Gasteiger partial charge in [0, 0.05) is 23.6 Å². The fraction of sp³-hybridized carbons (Fsp3) is 0.200. The van der Waals surface area contributed by atoms with E-state index in [0.717, 1.165) is 4.90 Å². The van der Waals surface area contributed by atoms with E-state index in [-0.39, 0.29) is 30.2 Å². The van der Waals surface area contributed by atoms with E-state index in [9.17, 15) is 19.2 Å². The van der Waals surface area contributed by atoms with Crippen LogP contribution in [0.15, 0.2) is 48.5 Å². The molecule has 0 aliphatic carbocycles. The summed E-state index contributed by atoms with van der Waals surface area (Å²) in [7, 11) is 0. The molecule has 7 nitrogen and oxygen atoms in total. The quantitative estimate of drug-likeness (QED) is 0.614. The largest absolute Gasteiger partial charge is 0.449 e. The lowest BCUT2D eigenvalue weighted by Gasteiger charge is -2.16. The average molecular weight is 401 g/mol. The Morgan fingerprint density at radius 3 is 2.36 bits per heavy atom. The highest BCUT2D eigenvalue weighted by molar-refractivity contribution is 6.30. The molecule has 3 amide bonds. The van der Waals surface area contributed by atoms with Crippen molar-refractivity contribution < 1.29 is 23.9 Å². The zero-order chi connectivity index (χ0) is 20.3. The van der Waals surface area contributed by atoms with Gasteiger partial charge in [-0.05, 0) is 49.4 Å². The van der Waals surface area contributed by atoms with Gasteiger partial charge in [0.05, 0.1) is 11.3 Å². The highest BCUT2D eigenvalue weighted by Crippen LogP contribution is 2.24. The fourth-order valence-corrected chi connectivity index (χ4v) is 2.82. The summed E-state index contributed by atoms with van der Waals surface area (Å²) < 4.78 is 5.20. The number of nitrogens with one attached hydrogen (secondary N) is 1. The van der Waals surface area contributed by atoms with E-state index in [4.69, 9.17) is 16.3 Å². The summed E-state index contributed by atoms with van der Waals surface area (Å²) >= 11 is 5.80. The molecule has 1 atom stereocenters. The molecule has 1 aliphatic rings. The second-order valence-electron chi connectivity index (χ2n) is 6.22. The first kappa shape index (κ1) is 19.6. The third kappa shape index (κ3) is 4.37. The third-order valence-electron chi connectivity index (χ3n) is 4.16. The number of anilines is 2. The van der Waals surface area contributed by atoms with E-state index < -0.39 is 18.0 Å². The van der Waals surface area contributed by atoms with Gasteiger partial charge in [-0.2, -0.15) is 0 Å². The molecule has 28 heavy (non-hydrogen) atoms. The number of halogens is 1. The lowest BCUT2D eigenvalue weighted by molar-refractivity contribution is -0.124. The molecule has 1 N–H and O–H groups in total. The second kappa shape index (κ2) is 8.22. The van der Waals surface area contributed by atoms with Crippen molar-refractivity contribution in [1.29, 1.82) is 0 Å². The van der Waals surface area contributed by atoms with Crippen LogP contribution in [0.5, 0.6) is 0 Å². The van der Waals surface area contributed by atoms with Crippen LogP contribution in [0.3, 0.4) is 0 Å². The Morgan fingerprint density at radius 1 is 1.07 bits per heavy atom. The lowest BCUT2D eigenvalue weighted by atomic mass is 10.2. The fourth-order valence-electron chi connectivity index (χ4n) is 2.70. The van der Waals surface area contributed by atoms with E-state index >= 15 is 0 Å². The number of carbonyl (C=O) groups excluding carboxylic acids is 4. The molecule has 1 saturated heterocycles. The number of nitrogens with zero attached hydrogens (tertiary/aromatic N) is 1. The summed E-state index contributed by atoms with van der Waals surface area (Å²) in [5.74, 6) is -1.87. The van der Waals surface area contributed by atoms with Gasteiger partial charge in [0.1, 0.15) is 0 Å². The predicted octanol–water partition coefficient (Wildman–Crippen LogP) is 3.18. The number of rotatable bonds is 5. The molecule has 0 bridgehead atoms. The minimum absolute atomic E-state index is 0.135. The van der Waals surface area contributed by atoms with Crippen molar-refractivity contribution in [2.45, 2.75) is 25.9 Å². The second-order valence-corrected chi connectivity index (χ2v) is 6.65. The SMILES string of the molecule is C[C@H](OC(=O)c1cccc(N2C(=O)CCC2=O)c1)C(=O)Nc1ccc(Cl)cc1. The number of ether oxygens (including phenoxy) is 1. The zero-order valence-electron chi connectivity index (χ0n) is 15.0. The summed E-state index contributed by atoms with van der Waals surface area (Å²) in [5.41, 5.74) is 0.960. The van der Waals surface area contributed by atoms with Crippen molar-refractivity contribution in [3.8, 4) is 0 Å². The number of hydrogen-bond acceptors (Lipinski definition) is 5. The molecule has 8 heteroatoms. The van der Waals surface area contributed by atoms with Crippen LogP contribution in [0.25, 0.3) is 0 Å². The monoisotopic (exact) mass is 400 g/mol. The van der Waals surface area contributed by atoms with Gasteiger partial charge in [0.15, 0.2) is 6.10 Å². The van der Waals surface area contributed by atoms with Crippen LogP contribution >= 0.6 is 11.6 Å².